The molecule has 0 heterocycles. The van der Waals surface area contributed by atoms with Gasteiger partial charge in [-0.1, -0.05) is 11.6 Å². The van der Waals surface area contributed by atoms with Gasteiger partial charge in [0, 0.05) is 5.56 Å². The molecule has 0 aromatic heterocycles. The number of aliphatic hydroxyl groups excluding tert-OH is 1. The van der Waals surface area contributed by atoms with Gasteiger partial charge in [-0.15, -0.1) is 12.4 Å². The van der Waals surface area contributed by atoms with Crippen molar-refractivity contribution in [3.63, 3.8) is 0 Å². The van der Waals surface area contributed by atoms with E-state index in [9.17, 15) is 22.0 Å². The fourth-order valence-corrected chi connectivity index (χ4v) is 1.49. The highest BCUT2D eigenvalue weighted by Crippen LogP contribution is 2.34. The van der Waals surface area contributed by atoms with Crippen molar-refractivity contribution in [2.24, 2.45) is 5.73 Å². The van der Waals surface area contributed by atoms with Gasteiger partial charge >= 0.3 is 6.18 Å². The minimum Gasteiger partial charge on any atom is -0.382 e. The average molecular weight is 312 g/mol. The molecule has 2 nitrogen and oxygen atoms in total. The number of nitrogens with two attached hydrogens (primary N) is 1. The highest BCUT2D eigenvalue weighted by molar-refractivity contribution is 6.31. The third-order valence-corrected chi connectivity index (χ3v) is 2.47. The molecule has 0 aliphatic carbocycles. The third kappa shape index (κ3) is 3.44. The summed E-state index contributed by atoms with van der Waals surface area (Å²) in [5.41, 5.74) is 4.13. The van der Waals surface area contributed by atoms with Gasteiger partial charge in [-0.3, -0.25) is 0 Å². The summed E-state index contributed by atoms with van der Waals surface area (Å²) in [6, 6.07) is -0.967. The monoisotopic (exact) mass is 311 g/mol. The second-order valence-corrected chi connectivity index (χ2v) is 3.65. The van der Waals surface area contributed by atoms with Crippen LogP contribution in [0.4, 0.5) is 22.0 Å². The molecule has 18 heavy (non-hydrogen) atoms. The summed E-state index contributed by atoms with van der Waals surface area (Å²) in [4.78, 5) is 0. The second kappa shape index (κ2) is 6.01. The maximum absolute atomic E-state index is 13.2. The van der Waals surface area contributed by atoms with Gasteiger partial charge in [-0.05, 0) is 12.1 Å². The predicted octanol–water partition coefficient (Wildman–Crippen LogP) is 2.96. The summed E-state index contributed by atoms with van der Waals surface area (Å²) in [7, 11) is 0. The minimum atomic E-state index is -5.05. The molecule has 0 saturated carbocycles. The molecule has 0 aliphatic heterocycles. The van der Waals surface area contributed by atoms with Gasteiger partial charge in [-0.2, -0.15) is 13.2 Å². The number of alkyl halides is 3. The fourth-order valence-electron chi connectivity index (χ4n) is 1.21. The van der Waals surface area contributed by atoms with Crippen molar-refractivity contribution in [2.45, 2.75) is 18.3 Å². The molecule has 0 bridgehead atoms. The maximum Gasteiger partial charge on any atom is 0.416 e. The first kappa shape index (κ1) is 17.4. The molecule has 1 aromatic carbocycles. The lowest BCUT2D eigenvalue weighted by Gasteiger charge is -2.22. The van der Waals surface area contributed by atoms with Gasteiger partial charge in [0.05, 0.1) is 11.1 Å². The normalized spacial score (nSPS) is 14.9. The number of halogens is 7. The number of benzene rings is 1. The molecule has 2 atom stereocenters. The molecule has 0 aliphatic rings. The molecule has 1 rings (SSSR count). The Kier molecular flexibility index (Phi) is 5.80. The van der Waals surface area contributed by atoms with E-state index in [1.807, 2.05) is 0 Å². The zero-order chi connectivity index (χ0) is 13.4. The van der Waals surface area contributed by atoms with Crippen molar-refractivity contribution >= 4 is 24.0 Å². The van der Waals surface area contributed by atoms with Gasteiger partial charge < -0.3 is 10.8 Å². The van der Waals surface area contributed by atoms with E-state index in [2.05, 4.69) is 0 Å². The molecule has 0 spiro atoms. The van der Waals surface area contributed by atoms with Crippen LogP contribution in [0.15, 0.2) is 12.1 Å². The molecule has 3 N–H and O–H groups in total. The van der Waals surface area contributed by atoms with Crippen LogP contribution in [0.1, 0.15) is 11.6 Å². The van der Waals surface area contributed by atoms with Crippen molar-refractivity contribution in [3.8, 4) is 0 Å². The maximum atomic E-state index is 13.2. The summed E-state index contributed by atoms with van der Waals surface area (Å²) in [5.74, 6) is -2.33. The number of hydrogen-bond donors (Lipinski definition) is 2. The molecule has 9 heteroatoms. The van der Waals surface area contributed by atoms with Crippen molar-refractivity contribution < 1.29 is 27.1 Å². The molecule has 0 radical (unpaired) electrons. The Bertz CT molecular complexity index is 426. The number of hydrogen-bond acceptors (Lipinski definition) is 2. The highest BCUT2D eigenvalue weighted by Gasteiger charge is 2.44. The minimum absolute atomic E-state index is 0. The van der Waals surface area contributed by atoms with Crippen LogP contribution < -0.4 is 5.73 Å². The van der Waals surface area contributed by atoms with Crippen molar-refractivity contribution in [1.82, 2.24) is 0 Å². The van der Waals surface area contributed by atoms with E-state index in [4.69, 9.17) is 22.4 Å². The summed E-state index contributed by atoms with van der Waals surface area (Å²) in [5, 5.41) is 7.98. The standard InChI is InChI=1S/C9H7ClF5NO.ClH/c10-6-4(12)2-1-3(11)5(6)7(16)8(17)9(13,14)15;/h1-2,7-8,17H,16H2;1H/t7-,8-;/m1./s1. The van der Waals surface area contributed by atoms with Crippen LogP contribution in [-0.2, 0) is 0 Å². The zero-order valence-electron chi connectivity index (χ0n) is 8.51. The molecular weight excluding hydrogens is 304 g/mol. The molecular formula is C9H8Cl2F5NO. The van der Waals surface area contributed by atoms with Gasteiger partial charge in [0.2, 0.25) is 0 Å². The quantitative estimate of drug-likeness (QED) is 0.651. The van der Waals surface area contributed by atoms with Crippen molar-refractivity contribution in [3.05, 3.63) is 34.4 Å². The smallest absolute Gasteiger partial charge is 0.382 e. The number of rotatable bonds is 2. The van der Waals surface area contributed by atoms with E-state index in [-0.39, 0.29) is 12.4 Å². The van der Waals surface area contributed by atoms with Crippen LogP contribution >= 0.6 is 24.0 Å². The zero-order valence-corrected chi connectivity index (χ0v) is 10.1. The first-order valence-electron chi connectivity index (χ1n) is 4.30. The Morgan fingerprint density at radius 1 is 1.17 bits per heavy atom. The van der Waals surface area contributed by atoms with Gasteiger partial charge in [-0.25, -0.2) is 8.78 Å². The van der Waals surface area contributed by atoms with Gasteiger partial charge in [0.1, 0.15) is 11.6 Å². The molecule has 0 saturated heterocycles. The van der Waals surface area contributed by atoms with Crippen LogP contribution in [0.3, 0.4) is 0 Å². The highest BCUT2D eigenvalue weighted by atomic mass is 35.5. The van der Waals surface area contributed by atoms with E-state index in [1.54, 1.807) is 0 Å². The molecule has 0 amide bonds. The van der Waals surface area contributed by atoms with E-state index < -0.39 is 40.5 Å². The van der Waals surface area contributed by atoms with Crippen LogP contribution in [0.2, 0.25) is 5.02 Å². The fraction of sp³-hybridized carbons (Fsp3) is 0.333. The topological polar surface area (TPSA) is 46.2 Å². The molecule has 0 fully saturated rings. The molecule has 0 unspecified atom stereocenters. The van der Waals surface area contributed by atoms with E-state index in [0.29, 0.717) is 12.1 Å². The summed E-state index contributed by atoms with van der Waals surface area (Å²) < 4.78 is 62.7. The van der Waals surface area contributed by atoms with Gasteiger partial charge in [0.25, 0.3) is 0 Å². The third-order valence-electron chi connectivity index (χ3n) is 2.09. The molecule has 1 aromatic rings. The Hall–Kier alpha value is -0.630. The van der Waals surface area contributed by atoms with Crippen molar-refractivity contribution in [2.75, 3.05) is 0 Å². The summed E-state index contributed by atoms with van der Waals surface area (Å²) in [6.45, 7) is 0. The van der Waals surface area contributed by atoms with Crippen LogP contribution in [0.25, 0.3) is 0 Å². The van der Waals surface area contributed by atoms with E-state index in [1.165, 1.54) is 0 Å². The Morgan fingerprint density at radius 2 is 1.61 bits per heavy atom. The first-order valence-corrected chi connectivity index (χ1v) is 4.67. The van der Waals surface area contributed by atoms with Crippen molar-refractivity contribution in [1.29, 1.82) is 0 Å². The lowest BCUT2D eigenvalue weighted by Crippen LogP contribution is -2.39. The SMILES string of the molecule is Cl.N[C@H](c1c(F)ccc(F)c1Cl)[C@@H](O)C(F)(F)F. The predicted molar refractivity (Wildman–Crippen MR) is 57.6 cm³/mol. The van der Waals surface area contributed by atoms with Gasteiger partial charge in [0.15, 0.2) is 6.10 Å². The van der Waals surface area contributed by atoms with Crippen LogP contribution in [0, 0.1) is 11.6 Å². The second-order valence-electron chi connectivity index (χ2n) is 3.27. The van der Waals surface area contributed by atoms with Crippen LogP contribution in [0.5, 0.6) is 0 Å². The summed E-state index contributed by atoms with van der Waals surface area (Å²) in [6.07, 6.45) is -8.09. The Morgan fingerprint density at radius 3 is 2.06 bits per heavy atom. The Balaban J connectivity index is 0.00000289. The first-order chi connectivity index (χ1) is 7.66. The largest absolute Gasteiger partial charge is 0.416 e. The lowest BCUT2D eigenvalue weighted by molar-refractivity contribution is -0.210. The lowest BCUT2D eigenvalue weighted by atomic mass is 10.0. The van der Waals surface area contributed by atoms with E-state index >= 15 is 0 Å². The Labute approximate surface area is 110 Å². The summed E-state index contributed by atoms with van der Waals surface area (Å²) >= 11 is 5.31. The average Bonchev–Trinajstić information content (AvgIpc) is 2.21. The molecule has 104 valence electrons. The van der Waals surface area contributed by atoms with Crippen LogP contribution in [-0.4, -0.2) is 17.4 Å². The number of aliphatic hydroxyl groups is 1. The van der Waals surface area contributed by atoms with E-state index in [0.717, 1.165) is 0 Å².